The lowest BCUT2D eigenvalue weighted by molar-refractivity contribution is -0.192. The Kier molecular flexibility index (Phi) is 7.76. The first-order chi connectivity index (χ1) is 21.7. The van der Waals surface area contributed by atoms with E-state index in [0.29, 0.717) is 17.1 Å². The summed E-state index contributed by atoms with van der Waals surface area (Å²) in [5.41, 5.74) is 4.28. The molecule has 12 heteroatoms. The van der Waals surface area contributed by atoms with Crippen LogP contribution in [0.4, 0.5) is 17.1 Å². The Morgan fingerprint density at radius 3 is 2.40 bits per heavy atom. The molecule has 0 bridgehead atoms. The first-order valence-corrected chi connectivity index (χ1v) is 15.6. The fourth-order valence-corrected chi connectivity index (χ4v) is 6.41. The first-order valence-electron chi connectivity index (χ1n) is 15.6. The van der Waals surface area contributed by atoms with E-state index in [-0.39, 0.29) is 18.2 Å². The lowest BCUT2D eigenvalue weighted by atomic mass is 10.1. The molecule has 238 valence electrons. The Morgan fingerprint density at radius 2 is 1.69 bits per heavy atom. The maximum Gasteiger partial charge on any atom is 0.277 e. The summed E-state index contributed by atoms with van der Waals surface area (Å²) in [5, 5.41) is 15.7. The van der Waals surface area contributed by atoms with Crippen molar-refractivity contribution < 1.29 is 33.3 Å². The van der Waals surface area contributed by atoms with Crippen LogP contribution in [0.15, 0.2) is 53.1 Å². The molecule has 45 heavy (non-hydrogen) atoms. The molecule has 0 unspecified atom stereocenters. The van der Waals surface area contributed by atoms with E-state index in [1.807, 2.05) is 12.1 Å². The fourth-order valence-electron chi connectivity index (χ4n) is 6.41. The Balaban J connectivity index is 1.11. The molecule has 4 fully saturated rings. The molecule has 1 saturated carbocycles. The third kappa shape index (κ3) is 6.02. The van der Waals surface area contributed by atoms with Crippen molar-refractivity contribution >= 4 is 28.9 Å². The van der Waals surface area contributed by atoms with Crippen LogP contribution in [0.3, 0.4) is 0 Å². The molecule has 1 aliphatic carbocycles. The second-order valence-electron chi connectivity index (χ2n) is 12.6. The number of ether oxygens (including phenoxy) is 3. The Hall–Kier alpha value is -3.97. The molecule has 3 N–H and O–H groups in total. The van der Waals surface area contributed by atoms with Gasteiger partial charge in [-0.3, -0.25) is 9.59 Å². The minimum Gasteiger partial charge on any atom is -0.448 e. The molecule has 2 aromatic carbocycles. The fraction of sp³-hybridized carbons (Fsp3) is 0.485. The molecule has 7 rings (SSSR count). The number of benzene rings is 2. The number of para-hydroxylation sites is 1. The number of aliphatic hydroxyl groups excluding tert-OH is 1. The third-order valence-electron chi connectivity index (χ3n) is 8.87. The lowest BCUT2D eigenvalue weighted by Crippen LogP contribution is -2.47. The lowest BCUT2D eigenvalue weighted by Gasteiger charge is -2.38. The van der Waals surface area contributed by atoms with E-state index in [4.69, 9.17) is 18.6 Å². The average molecular weight is 618 g/mol. The number of aromatic nitrogens is 1. The molecule has 3 aliphatic heterocycles. The van der Waals surface area contributed by atoms with Crippen LogP contribution < -0.4 is 20.4 Å². The number of oxazole rings is 1. The van der Waals surface area contributed by atoms with Crippen LogP contribution in [0, 0.1) is 6.92 Å². The Labute approximate surface area is 261 Å². The van der Waals surface area contributed by atoms with Gasteiger partial charge in [0.05, 0.1) is 18.0 Å². The van der Waals surface area contributed by atoms with Crippen molar-refractivity contribution in [1.29, 1.82) is 0 Å². The largest absolute Gasteiger partial charge is 0.448 e. The standard InChI is InChI=1S/C33H39N5O7/c1-19-6-4-5-7-24(19)37-12-14-38(15-13-37)25-11-10-21(16-22(25)34-30(41)23-18-42-31(35-23)20-8-9-20)29(40)36-32-28-27(26(17-39)43-32)44-33(2,3)45-28/h4-7,10-11,16,18,20,26-28,32,39H,8-9,12-15,17H2,1-3H3,(H,34,41)(H,36,40)/t26-,27-,28-,32-/m0/s1. The summed E-state index contributed by atoms with van der Waals surface area (Å²) in [6, 6.07) is 13.6. The summed E-state index contributed by atoms with van der Waals surface area (Å²) in [5.74, 6) is -0.818. The zero-order chi connectivity index (χ0) is 31.3. The number of hydrogen-bond donors (Lipinski definition) is 3. The van der Waals surface area contributed by atoms with Gasteiger partial charge in [0.2, 0.25) is 0 Å². The topological polar surface area (TPSA) is 139 Å². The van der Waals surface area contributed by atoms with Crippen molar-refractivity contribution in [3.8, 4) is 0 Å². The number of hydrogen-bond acceptors (Lipinski definition) is 10. The molecule has 3 aromatic rings. The van der Waals surface area contributed by atoms with Crippen LogP contribution in [0.25, 0.3) is 0 Å². The SMILES string of the molecule is Cc1ccccc1N1CCN(c2ccc(C(=O)N[C@H]3O[C@@H](CO)[C@@H]4OC(C)(C)O[C@@H]43)cc2NC(=O)c2coc(C3CC3)n2)CC1. The summed E-state index contributed by atoms with van der Waals surface area (Å²) in [6.45, 7) is 8.50. The quantitative estimate of drug-likeness (QED) is 0.345. The number of nitrogens with zero attached hydrogens (tertiary/aromatic N) is 3. The molecule has 12 nitrogen and oxygen atoms in total. The molecule has 1 aromatic heterocycles. The summed E-state index contributed by atoms with van der Waals surface area (Å²) in [4.78, 5) is 35.9. The molecule has 4 aliphatic rings. The summed E-state index contributed by atoms with van der Waals surface area (Å²) >= 11 is 0. The predicted molar refractivity (Wildman–Crippen MR) is 166 cm³/mol. The van der Waals surface area contributed by atoms with E-state index in [1.165, 1.54) is 17.5 Å². The van der Waals surface area contributed by atoms with Crippen molar-refractivity contribution in [1.82, 2.24) is 10.3 Å². The highest BCUT2D eigenvalue weighted by Crippen LogP contribution is 2.40. The van der Waals surface area contributed by atoms with Gasteiger partial charge in [-0.15, -0.1) is 0 Å². The number of aliphatic hydroxyl groups is 1. The zero-order valence-electron chi connectivity index (χ0n) is 25.7. The van der Waals surface area contributed by atoms with E-state index >= 15 is 0 Å². The molecule has 3 saturated heterocycles. The molecular formula is C33H39N5O7. The van der Waals surface area contributed by atoms with Gasteiger partial charge in [0.1, 0.15) is 24.6 Å². The van der Waals surface area contributed by atoms with Crippen molar-refractivity contribution in [2.45, 2.75) is 69.9 Å². The van der Waals surface area contributed by atoms with Crippen LogP contribution in [-0.4, -0.2) is 85.0 Å². The summed E-state index contributed by atoms with van der Waals surface area (Å²) < 4.78 is 23.3. The highest BCUT2D eigenvalue weighted by Gasteiger charge is 2.55. The number of fused-ring (bicyclic) bond motifs is 1. The van der Waals surface area contributed by atoms with Crippen LogP contribution in [0.2, 0.25) is 0 Å². The third-order valence-corrected chi connectivity index (χ3v) is 8.87. The number of carbonyl (C=O) groups is 2. The van der Waals surface area contributed by atoms with E-state index in [1.54, 1.807) is 26.0 Å². The van der Waals surface area contributed by atoms with Crippen molar-refractivity contribution in [2.24, 2.45) is 0 Å². The van der Waals surface area contributed by atoms with Gasteiger partial charge in [0, 0.05) is 43.3 Å². The van der Waals surface area contributed by atoms with Crippen LogP contribution in [0.1, 0.15) is 64.9 Å². The van der Waals surface area contributed by atoms with Gasteiger partial charge < -0.3 is 44.2 Å². The summed E-state index contributed by atoms with van der Waals surface area (Å²) in [7, 11) is 0. The molecular weight excluding hydrogens is 578 g/mol. The second-order valence-corrected chi connectivity index (χ2v) is 12.6. The maximum atomic E-state index is 13.5. The number of carbonyl (C=O) groups excluding carboxylic acids is 2. The summed E-state index contributed by atoms with van der Waals surface area (Å²) in [6.07, 6.45) is 0.891. The van der Waals surface area contributed by atoms with Gasteiger partial charge in [-0.25, -0.2) is 4.98 Å². The first kappa shape index (κ1) is 29.7. The van der Waals surface area contributed by atoms with E-state index in [2.05, 4.69) is 50.5 Å². The minimum absolute atomic E-state index is 0.198. The molecule has 4 atom stereocenters. The van der Waals surface area contributed by atoms with Crippen molar-refractivity contribution in [3.63, 3.8) is 0 Å². The Bertz CT molecular complexity index is 1580. The maximum absolute atomic E-state index is 13.5. The van der Waals surface area contributed by atoms with E-state index in [0.717, 1.165) is 44.7 Å². The van der Waals surface area contributed by atoms with Gasteiger partial charge in [-0.05, 0) is 63.4 Å². The molecule has 4 heterocycles. The second kappa shape index (κ2) is 11.8. The van der Waals surface area contributed by atoms with Crippen LogP contribution in [0.5, 0.6) is 0 Å². The number of anilines is 3. The van der Waals surface area contributed by atoms with Gasteiger partial charge in [0.25, 0.3) is 11.8 Å². The van der Waals surface area contributed by atoms with E-state index < -0.39 is 42.1 Å². The van der Waals surface area contributed by atoms with Gasteiger partial charge >= 0.3 is 0 Å². The Morgan fingerprint density at radius 1 is 0.978 bits per heavy atom. The number of aryl methyl sites for hydroxylation is 1. The zero-order valence-corrected chi connectivity index (χ0v) is 25.7. The van der Waals surface area contributed by atoms with Gasteiger partial charge in [0.15, 0.2) is 23.6 Å². The van der Waals surface area contributed by atoms with Crippen LogP contribution >= 0.6 is 0 Å². The van der Waals surface area contributed by atoms with Crippen molar-refractivity contribution in [3.05, 3.63) is 71.4 Å². The average Bonchev–Trinajstić information content (AvgIpc) is 3.55. The predicted octanol–water partition coefficient (Wildman–Crippen LogP) is 3.41. The normalized spacial score (nSPS) is 25.7. The number of amides is 2. The van der Waals surface area contributed by atoms with Crippen molar-refractivity contribution in [2.75, 3.05) is 47.9 Å². The highest BCUT2D eigenvalue weighted by atomic mass is 16.8. The van der Waals surface area contributed by atoms with Crippen LogP contribution in [-0.2, 0) is 14.2 Å². The van der Waals surface area contributed by atoms with E-state index in [9.17, 15) is 14.7 Å². The number of piperazine rings is 1. The van der Waals surface area contributed by atoms with Gasteiger partial charge in [-0.2, -0.15) is 0 Å². The van der Waals surface area contributed by atoms with Gasteiger partial charge in [-0.1, -0.05) is 18.2 Å². The molecule has 0 radical (unpaired) electrons. The highest BCUT2D eigenvalue weighted by molar-refractivity contribution is 6.06. The number of rotatable bonds is 8. The minimum atomic E-state index is -0.863. The molecule has 2 amide bonds. The molecule has 0 spiro atoms. The smallest absolute Gasteiger partial charge is 0.277 e. The number of nitrogens with one attached hydrogen (secondary N) is 2. The monoisotopic (exact) mass is 617 g/mol.